The Hall–Kier alpha value is -2.21. The van der Waals surface area contributed by atoms with Crippen molar-refractivity contribution in [2.75, 3.05) is 13.2 Å². The Kier molecular flexibility index (Phi) is 10.9. The van der Waals surface area contributed by atoms with E-state index in [1.165, 1.54) is 12.1 Å². The maximum absolute atomic E-state index is 12.5. The first-order valence-electron chi connectivity index (χ1n) is 11.0. The van der Waals surface area contributed by atoms with Crippen molar-refractivity contribution in [1.29, 1.82) is 0 Å². The highest BCUT2D eigenvalue weighted by Crippen LogP contribution is 2.15. The standard InChI is InChI=1S/C23H37NO8SSi/c1-17-8-10-19(11-9-17)33(28,29)31-13-12-18(25)16-20(24-22(27)32-23(2,3)4)21(26)30-14-15-34(5,6)7/h8-11,16,18,25H,12-15H2,1-7H3,(H,24,27)/b20-16-/t18-/m0/s1. The highest BCUT2D eigenvalue weighted by atomic mass is 32.2. The van der Waals surface area contributed by atoms with Crippen molar-refractivity contribution in [2.24, 2.45) is 0 Å². The van der Waals surface area contributed by atoms with Crippen LogP contribution in [-0.4, -0.2) is 58.6 Å². The molecule has 192 valence electrons. The molecule has 0 heterocycles. The van der Waals surface area contributed by atoms with Crippen molar-refractivity contribution in [1.82, 2.24) is 5.32 Å². The number of rotatable bonds is 11. The van der Waals surface area contributed by atoms with E-state index in [1.807, 2.05) is 6.92 Å². The zero-order valence-electron chi connectivity index (χ0n) is 21.0. The van der Waals surface area contributed by atoms with Gasteiger partial charge in [0, 0.05) is 14.5 Å². The maximum Gasteiger partial charge on any atom is 0.412 e. The summed E-state index contributed by atoms with van der Waals surface area (Å²) in [5, 5.41) is 12.6. The Balaban J connectivity index is 2.83. The first-order chi connectivity index (χ1) is 15.5. The Morgan fingerprint density at radius 1 is 1.12 bits per heavy atom. The molecule has 2 N–H and O–H groups in total. The van der Waals surface area contributed by atoms with E-state index in [1.54, 1.807) is 32.9 Å². The third kappa shape index (κ3) is 12.3. The summed E-state index contributed by atoms with van der Waals surface area (Å²) in [5.74, 6) is -0.823. The van der Waals surface area contributed by atoms with E-state index < -0.39 is 42.0 Å². The summed E-state index contributed by atoms with van der Waals surface area (Å²) < 4.78 is 39.9. The van der Waals surface area contributed by atoms with Gasteiger partial charge in [0.2, 0.25) is 0 Å². The highest BCUT2D eigenvalue weighted by Gasteiger charge is 2.23. The van der Waals surface area contributed by atoms with Crippen molar-refractivity contribution in [3.8, 4) is 0 Å². The van der Waals surface area contributed by atoms with Crippen molar-refractivity contribution in [3.05, 3.63) is 41.6 Å². The number of benzene rings is 1. The summed E-state index contributed by atoms with van der Waals surface area (Å²) >= 11 is 0. The molecule has 0 spiro atoms. The molecule has 0 unspecified atom stereocenters. The lowest BCUT2D eigenvalue weighted by atomic mass is 10.2. The fourth-order valence-corrected chi connectivity index (χ4v) is 4.06. The largest absolute Gasteiger partial charge is 0.461 e. The van der Waals surface area contributed by atoms with E-state index in [0.29, 0.717) is 0 Å². The van der Waals surface area contributed by atoms with Gasteiger partial charge in [0.05, 0.1) is 24.2 Å². The lowest BCUT2D eigenvalue weighted by Crippen LogP contribution is -2.35. The van der Waals surface area contributed by atoms with Crippen LogP contribution in [0.4, 0.5) is 4.79 Å². The van der Waals surface area contributed by atoms with Crippen LogP contribution in [0.3, 0.4) is 0 Å². The minimum absolute atomic E-state index is 0.00129. The number of aliphatic hydroxyl groups excluding tert-OH is 1. The molecule has 0 aromatic heterocycles. The molecule has 1 rings (SSSR count). The summed E-state index contributed by atoms with van der Waals surface area (Å²) in [4.78, 5) is 24.7. The van der Waals surface area contributed by atoms with Gasteiger partial charge in [0.25, 0.3) is 10.1 Å². The van der Waals surface area contributed by atoms with E-state index in [0.717, 1.165) is 17.7 Å². The van der Waals surface area contributed by atoms with Crippen LogP contribution in [0.5, 0.6) is 0 Å². The molecule has 0 saturated carbocycles. The number of esters is 1. The van der Waals surface area contributed by atoms with Gasteiger partial charge in [-0.15, -0.1) is 0 Å². The van der Waals surface area contributed by atoms with Crippen LogP contribution in [0.15, 0.2) is 40.9 Å². The summed E-state index contributed by atoms with van der Waals surface area (Å²) in [6.07, 6.45) is -1.23. The van der Waals surface area contributed by atoms with Crippen molar-refractivity contribution >= 4 is 30.3 Å². The molecule has 0 fully saturated rings. The molecule has 1 atom stereocenters. The molecule has 0 bridgehead atoms. The predicted molar refractivity (Wildman–Crippen MR) is 132 cm³/mol. The van der Waals surface area contributed by atoms with Crippen LogP contribution in [-0.2, 0) is 28.6 Å². The minimum Gasteiger partial charge on any atom is -0.461 e. The quantitative estimate of drug-likeness (QED) is 0.197. The molecular weight excluding hydrogens is 478 g/mol. The zero-order chi connectivity index (χ0) is 26.2. The Morgan fingerprint density at radius 3 is 2.24 bits per heavy atom. The summed E-state index contributed by atoms with van der Waals surface area (Å²) in [5.41, 5.74) is -0.187. The number of amides is 1. The van der Waals surface area contributed by atoms with E-state index in [2.05, 4.69) is 25.0 Å². The number of ether oxygens (including phenoxy) is 2. The van der Waals surface area contributed by atoms with Gasteiger partial charge in [0.15, 0.2) is 0 Å². The molecule has 0 aliphatic carbocycles. The number of carbonyl (C=O) groups is 2. The summed E-state index contributed by atoms with van der Waals surface area (Å²) in [7, 11) is -5.45. The van der Waals surface area contributed by atoms with E-state index >= 15 is 0 Å². The van der Waals surface area contributed by atoms with Gasteiger partial charge in [0.1, 0.15) is 11.3 Å². The molecule has 1 aromatic rings. The number of hydrogen-bond donors (Lipinski definition) is 2. The molecular formula is C23H37NO8SSi. The molecule has 34 heavy (non-hydrogen) atoms. The normalized spacial score (nSPS) is 13.8. The smallest absolute Gasteiger partial charge is 0.412 e. The lowest BCUT2D eigenvalue weighted by Gasteiger charge is -2.21. The second kappa shape index (κ2) is 12.5. The number of aliphatic hydroxyl groups is 1. The van der Waals surface area contributed by atoms with Crippen LogP contribution in [0.1, 0.15) is 32.8 Å². The number of aryl methyl sites for hydroxylation is 1. The SMILES string of the molecule is Cc1ccc(S(=O)(=O)OCC[C@H](O)/C=C(\NC(=O)OC(C)(C)C)C(=O)OCC[Si](C)(C)C)cc1. The van der Waals surface area contributed by atoms with E-state index in [9.17, 15) is 23.1 Å². The third-order valence-electron chi connectivity index (χ3n) is 4.26. The fourth-order valence-electron chi connectivity index (χ4n) is 2.43. The van der Waals surface area contributed by atoms with Crippen LogP contribution in [0.2, 0.25) is 25.7 Å². The van der Waals surface area contributed by atoms with Crippen LogP contribution in [0, 0.1) is 6.92 Å². The van der Waals surface area contributed by atoms with Gasteiger partial charge in [-0.3, -0.25) is 9.50 Å². The molecule has 0 aliphatic rings. The highest BCUT2D eigenvalue weighted by molar-refractivity contribution is 7.86. The Labute approximate surface area is 203 Å². The molecule has 0 radical (unpaired) electrons. The van der Waals surface area contributed by atoms with Crippen LogP contribution < -0.4 is 5.32 Å². The lowest BCUT2D eigenvalue weighted by molar-refractivity contribution is -0.139. The minimum atomic E-state index is -3.99. The number of carbonyl (C=O) groups excluding carboxylic acids is 2. The Morgan fingerprint density at radius 2 is 1.71 bits per heavy atom. The maximum atomic E-state index is 12.5. The van der Waals surface area contributed by atoms with Gasteiger partial charge >= 0.3 is 12.1 Å². The zero-order valence-corrected chi connectivity index (χ0v) is 22.8. The molecule has 9 nitrogen and oxygen atoms in total. The fraction of sp³-hybridized carbons (Fsp3) is 0.565. The average Bonchev–Trinajstić information content (AvgIpc) is 2.65. The summed E-state index contributed by atoms with van der Waals surface area (Å²) in [6.45, 7) is 13.1. The first-order valence-corrected chi connectivity index (χ1v) is 16.1. The molecule has 1 amide bonds. The molecule has 11 heteroatoms. The third-order valence-corrected chi connectivity index (χ3v) is 7.29. The number of hydrogen-bond acceptors (Lipinski definition) is 8. The Bertz CT molecular complexity index is 960. The predicted octanol–water partition coefficient (Wildman–Crippen LogP) is 3.74. The second-order valence-corrected chi connectivity index (χ2v) is 17.3. The van der Waals surface area contributed by atoms with Crippen LogP contribution >= 0.6 is 0 Å². The monoisotopic (exact) mass is 515 g/mol. The molecule has 0 aliphatic heterocycles. The van der Waals surface area contributed by atoms with Gasteiger partial charge < -0.3 is 14.6 Å². The second-order valence-electron chi connectivity index (χ2n) is 10.1. The molecule has 1 aromatic carbocycles. The van der Waals surface area contributed by atoms with Gasteiger partial charge in [-0.2, -0.15) is 8.42 Å². The number of nitrogens with one attached hydrogen (secondary N) is 1. The van der Waals surface area contributed by atoms with Gasteiger partial charge in [-0.25, -0.2) is 9.59 Å². The van der Waals surface area contributed by atoms with Crippen molar-refractivity contribution in [3.63, 3.8) is 0 Å². The van der Waals surface area contributed by atoms with Gasteiger partial charge in [-0.05, 0) is 51.9 Å². The van der Waals surface area contributed by atoms with Gasteiger partial charge in [-0.1, -0.05) is 37.3 Å². The average molecular weight is 516 g/mol. The first kappa shape index (κ1) is 29.8. The van der Waals surface area contributed by atoms with E-state index in [-0.39, 0.29) is 30.2 Å². The van der Waals surface area contributed by atoms with E-state index in [4.69, 9.17) is 13.7 Å². The molecule has 0 saturated heterocycles. The van der Waals surface area contributed by atoms with Crippen molar-refractivity contribution in [2.45, 2.75) is 76.4 Å². The topological polar surface area (TPSA) is 128 Å². The van der Waals surface area contributed by atoms with Crippen LogP contribution in [0.25, 0.3) is 0 Å². The van der Waals surface area contributed by atoms with Crippen molar-refractivity contribution < 1.29 is 36.8 Å². The number of alkyl carbamates (subject to hydrolysis) is 1. The summed E-state index contributed by atoms with van der Waals surface area (Å²) in [6, 6.07) is 6.89.